The third kappa shape index (κ3) is 6.76. The van der Waals surface area contributed by atoms with Crippen molar-refractivity contribution in [1.82, 2.24) is 39.6 Å². The third-order valence-electron chi connectivity index (χ3n) is 13.1. The average molecular weight is 822 g/mol. The van der Waals surface area contributed by atoms with Gasteiger partial charge in [0.1, 0.15) is 0 Å². The van der Waals surface area contributed by atoms with Crippen molar-refractivity contribution in [2.24, 2.45) is 7.05 Å². The van der Waals surface area contributed by atoms with Gasteiger partial charge in [-0.05, 0) is 80.0 Å². The number of urea groups is 1. The molecule has 0 unspecified atom stereocenters. The van der Waals surface area contributed by atoms with Crippen LogP contribution < -0.4 is 20.0 Å². The van der Waals surface area contributed by atoms with Crippen molar-refractivity contribution in [3.8, 4) is 11.1 Å². The highest BCUT2D eigenvalue weighted by atomic mass is 19.3. The number of aryl methyl sites for hydroxylation is 2. The summed E-state index contributed by atoms with van der Waals surface area (Å²) in [4.78, 5) is 44.6. The van der Waals surface area contributed by atoms with Gasteiger partial charge in [0.15, 0.2) is 11.6 Å². The average Bonchev–Trinajstić information content (AvgIpc) is 3.99. The molecule has 314 valence electrons. The van der Waals surface area contributed by atoms with Gasteiger partial charge in [-0.2, -0.15) is 15.3 Å². The lowest BCUT2D eigenvalue weighted by Gasteiger charge is -2.34. The van der Waals surface area contributed by atoms with E-state index in [9.17, 15) is 14.4 Å². The molecule has 0 spiro atoms. The molecule has 60 heavy (non-hydrogen) atoms. The Hall–Kier alpha value is -5.84. The summed E-state index contributed by atoms with van der Waals surface area (Å²) >= 11 is 0. The lowest BCUT2D eigenvalue weighted by molar-refractivity contribution is -0.129. The van der Waals surface area contributed by atoms with Gasteiger partial charge >= 0.3 is 6.03 Å². The Morgan fingerprint density at radius 2 is 1.72 bits per heavy atom. The molecule has 1 N–H and O–H groups in total. The molecule has 8 heterocycles. The maximum atomic E-state index is 15.1. The molecule has 0 radical (unpaired) electrons. The van der Waals surface area contributed by atoms with Gasteiger partial charge in [-0.15, -0.1) is 0 Å². The van der Waals surface area contributed by atoms with Crippen LogP contribution in [0.5, 0.6) is 0 Å². The number of hydrogen-bond donors (Lipinski definition) is 1. The minimum Gasteiger partial charge on any atom is -0.381 e. The minimum absolute atomic E-state index is 0.0185. The second-order valence-corrected chi connectivity index (χ2v) is 16.7. The molecule has 0 bridgehead atoms. The van der Waals surface area contributed by atoms with E-state index in [1.54, 1.807) is 23.9 Å². The van der Waals surface area contributed by atoms with E-state index in [1.165, 1.54) is 4.90 Å². The molecule has 10 rings (SSSR count). The van der Waals surface area contributed by atoms with Crippen LogP contribution in [0.25, 0.3) is 22.0 Å². The van der Waals surface area contributed by atoms with Crippen molar-refractivity contribution in [2.45, 2.75) is 83.3 Å². The number of amides is 4. The lowest BCUT2D eigenvalue weighted by Crippen LogP contribution is -2.49. The molecule has 5 aliphatic heterocycles. The number of carbonyl (C=O) groups excluding carboxylic acids is 3. The molecule has 0 aliphatic carbocycles. The second-order valence-electron chi connectivity index (χ2n) is 16.7. The second kappa shape index (κ2) is 15.3. The fourth-order valence-corrected chi connectivity index (χ4v) is 9.90. The minimum atomic E-state index is -2.70. The Morgan fingerprint density at radius 1 is 0.900 bits per heavy atom. The number of imide groups is 1. The van der Waals surface area contributed by atoms with Crippen LogP contribution in [-0.4, -0.2) is 98.0 Å². The molecule has 0 atom stereocenters. The van der Waals surface area contributed by atoms with E-state index in [-0.39, 0.29) is 42.4 Å². The van der Waals surface area contributed by atoms with Gasteiger partial charge in [-0.1, -0.05) is 0 Å². The SMILES string of the molecule is CC(=O)N1CCc2c(c(N3CCCc4cc(-c5cnn(C6CCN(c7ccc8c(N9CCC(=O)NC9=O)nn(C)c8c7)CC6)c5)c(C(F)F)cc43)nn2C2CCOCC2)C1. The fraction of sp³-hybridized carbons (Fsp3) is 0.488. The molecule has 2 aromatic carbocycles. The highest BCUT2D eigenvalue weighted by Gasteiger charge is 2.35. The number of rotatable bonds is 7. The Labute approximate surface area is 345 Å². The Kier molecular flexibility index (Phi) is 9.80. The smallest absolute Gasteiger partial charge is 0.329 e. The number of ether oxygens (including phenoxy) is 1. The summed E-state index contributed by atoms with van der Waals surface area (Å²) in [5, 5.41) is 17.8. The van der Waals surface area contributed by atoms with Crippen molar-refractivity contribution in [3.05, 3.63) is 65.1 Å². The summed E-state index contributed by atoms with van der Waals surface area (Å²) in [5.41, 5.74) is 7.00. The quantitative estimate of drug-likeness (QED) is 0.204. The summed E-state index contributed by atoms with van der Waals surface area (Å²) in [6.07, 6.45) is 6.86. The van der Waals surface area contributed by atoms with E-state index in [0.29, 0.717) is 56.2 Å². The van der Waals surface area contributed by atoms with Crippen molar-refractivity contribution >= 4 is 51.8 Å². The van der Waals surface area contributed by atoms with Gasteiger partial charge < -0.3 is 19.4 Å². The van der Waals surface area contributed by atoms with Gasteiger partial charge in [0.2, 0.25) is 11.8 Å². The van der Waals surface area contributed by atoms with Gasteiger partial charge in [0.05, 0.1) is 30.3 Å². The predicted octanol–water partition coefficient (Wildman–Crippen LogP) is 6.20. The lowest BCUT2D eigenvalue weighted by atomic mass is 9.92. The third-order valence-corrected chi connectivity index (χ3v) is 13.1. The van der Waals surface area contributed by atoms with Crippen LogP contribution in [0.4, 0.5) is 36.6 Å². The van der Waals surface area contributed by atoms with Crippen molar-refractivity contribution in [3.63, 3.8) is 0 Å². The first-order valence-corrected chi connectivity index (χ1v) is 21.1. The number of nitrogens with zero attached hydrogens (tertiary/aromatic N) is 10. The highest BCUT2D eigenvalue weighted by Crippen LogP contribution is 2.44. The maximum absolute atomic E-state index is 15.1. The monoisotopic (exact) mass is 821 g/mol. The molecule has 15 nitrogen and oxygen atoms in total. The van der Waals surface area contributed by atoms with E-state index < -0.39 is 12.5 Å². The van der Waals surface area contributed by atoms with Crippen LogP contribution in [-0.2, 0) is 40.8 Å². The first-order chi connectivity index (χ1) is 29.1. The summed E-state index contributed by atoms with van der Waals surface area (Å²) in [6.45, 7) is 6.54. The van der Waals surface area contributed by atoms with Crippen LogP contribution in [0.15, 0.2) is 42.7 Å². The van der Waals surface area contributed by atoms with E-state index in [2.05, 4.69) is 31.0 Å². The highest BCUT2D eigenvalue weighted by molar-refractivity contribution is 6.09. The number of benzene rings is 2. The number of nitrogens with one attached hydrogen (secondary N) is 1. The molecule has 3 saturated heterocycles. The zero-order valence-corrected chi connectivity index (χ0v) is 33.9. The Bertz CT molecular complexity index is 2500. The molecule has 5 aliphatic rings. The number of piperidine rings is 1. The number of aromatic nitrogens is 6. The van der Waals surface area contributed by atoms with Gasteiger partial charge in [-0.3, -0.25) is 33.9 Å². The molecule has 4 amide bonds. The van der Waals surface area contributed by atoms with Crippen LogP contribution in [0.3, 0.4) is 0 Å². The molecular weight excluding hydrogens is 773 g/mol. The Balaban J connectivity index is 0.885. The number of carbonyl (C=O) groups is 3. The summed E-state index contributed by atoms with van der Waals surface area (Å²) in [6, 6.07) is 9.57. The van der Waals surface area contributed by atoms with Crippen LogP contribution >= 0.6 is 0 Å². The van der Waals surface area contributed by atoms with E-state index in [1.807, 2.05) is 41.0 Å². The summed E-state index contributed by atoms with van der Waals surface area (Å²) in [5.74, 6) is 1.03. The van der Waals surface area contributed by atoms with Crippen LogP contribution in [0.2, 0.25) is 0 Å². The van der Waals surface area contributed by atoms with Gasteiger partial charge in [-0.25, -0.2) is 13.6 Å². The number of anilines is 4. The van der Waals surface area contributed by atoms with E-state index >= 15 is 8.78 Å². The standard InChI is InChI=1S/C43H49F2N11O4/c1-26(57)52-16-9-36-35(25-52)42(49-56(36)30-11-18-60-19-12-30)53-13-3-4-27-20-33(34(40(44)45)22-37(27)53)28-23-46-55(24-28)29-7-14-51(15-8-29)31-5-6-32-38(21-31)50(2)48-41(32)54-17-10-39(58)47-43(54)59/h5-6,20-24,29-30,40H,3-4,7-19,25H2,1-2H3,(H,47,58,59). The largest absolute Gasteiger partial charge is 0.381 e. The normalized spacial score (nSPS) is 19.4. The molecule has 0 saturated carbocycles. The zero-order valence-electron chi connectivity index (χ0n) is 33.9. The van der Waals surface area contributed by atoms with Crippen molar-refractivity contribution in [2.75, 3.05) is 60.6 Å². The van der Waals surface area contributed by atoms with Crippen LogP contribution in [0, 0.1) is 0 Å². The van der Waals surface area contributed by atoms with Gasteiger partial charge in [0.25, 0.3) is 6.43 Å². The maximum Gasteiger partial charge on any atom is 0.329 e. The van der Waals surface area contributed by atoms with Gasteiger partial charge in [0, 0.05) is 118 Å². The first-order valence-electron chi connectivity index (χ1n) is 21.1. The summed E-state index contributed by atoms with van der Waals surface area (Å²) < 4.78 is 41.8. The molecular formula is C43H49F2N11O4. The molecule has 3 fully saturated rings. The van der Waals surface area contributed by atoms with Crippen LogP contribution in [0.1, 0.15) is 86.3 Å². The summed E-state index contributed by atoms with van der Waals surface area (Å²) in [7, 11) is 1.85. The van der Waals surface area contributed by atoms with Crippen molar-refractivity contribution < 1.29 is 27.9 Å². The van der Waals surface area contributed by atoms with Crippen molar-refractivity contribution in [1.29, 1.82) is 0 Å². The topological polar surface area (TPSA) is 139 Å². The molecule has 5 aromatic rings. The fourth-order valence-electron chi connectivity index (χ4n) is 9.90. The Morgan fingerprint density at radius 3 is 2.48 bits per heavy atom. The first kappa shape index (κ1) is 38.4. The number of fused-ring (bicyclic) bond motifs is 3. The molecule has 3 aromatic heterocycles. The number of halogens is 2. The van der Waals surface area contributed by atoms with E-state index in [4.69, 9.17) is 14.9 Å². The number of alkyl halides is 2. The zero-order chi connectivity index (χ0) is 41.2. The number of hydrogen-bond acceptors (Lipinski definition) is 9. The predicted molar refractivity (Wildman–Crippen MR) is 221 cm³/mol. The van der Waals surface area contributed by atoms with E-state index in [0.717, 1.165) is 96.5 Å². The molecule has 17 heteroatoms.